The fraction of sp³-hybridized carbons (Fsp3) is 1.00. The van der Waals surface area contributed by atoms with Crippen LogP contribution in [0.25, 0.3) is 0 Å². The molecule has 0 amide bonds. The number of nitrogens with zero attached hydrogens (tertiary/aromatic N) is 1. The van der Waals surface area contributed by atoms with Crippen molar-refractivity contribution in [1.82, 2.24) is 10.2 Å². The van der Waals surface area contributed by atoms with Crippen molar-refractivity contribution in [3.63, 3.8) is 0 Å². The van der Waals surface area contributed by atoms with Gasteiger partial charge in [0.15, 0.2) is 0 Å². The van der Waals surface area contributed by atoms with Crippen LogP contribution in [0, 0.1) is 0 Å². The minimum Gasteiger partial charge on any atom is -0.385 e. The molecular weight excluding hydrogens is 240 g/mol. The van der Waals surface area contributed by atoms with Crippen LogP contribution in [0.4, 0.5) is 0 Å². The number of methoxy groups -OCH3 is 2. The van der Waals surface area contributed by atoms with Crippen LogP contribution >= 0.6 is 0 Å². The summed E-state index contributed by atoms with van der Waals surface area (Å²) in [5.41, 5.74) is 0. The van der Waals surface area contributed by atoms with Gasteiger partial charge in [0, 0.05) is 40.0 Å². The summed E-state index contributed by atoms with van der Waals surface area (Å²) in [6.07, 6.45) is 7.83. The topological polar surface area (TPSA) is 33.7 Å². The van der Waals surface area contributed by atoms with E-state index < -0.39 is 0 Å². The summed E-state index contributed by atoms with van der Waals surface area (Å²) in [4.78, 5) is 2.51. The summed E-state index contributed by atoms with van der Waals surface area (Å²) < 4.78 is 10.3. The zero-order chi connectivity index (χ0) is 13.8. The summed E-state index contributed by atoms with van der Waals surface area (Å²) in [6, 6.07) is 0.761. The maximum absolute atomic E-state index is 5.19. The molecule has 4 nitrogen and oxygen atoms in total. The molecule has 1 unspecified atom stereocenters. The quantitative estimate of drug-likeness (QED) is 0.582. The number of piperidine rings is 1. The minimum absolute atomic E-state index is 0.761. The van der Waals surface area contributed by atoms with E-state index in [2.05, 4.69) is 10.2 Å². The van der Waals surface area contributed by atoms with Gasteiger partial charge in [0.25, 0.3) is 0 Å². The highest BCUT2D eigenvalue weighted by Gasteiger charge is 2.12. The normalized spacial score (nSPS) is 20.1. The van der Waals surface area contributed by atoms with Crippen LogP contribution in [-0.4, -0.2) is 64.6 Å². The van der Waals surface area contributed by atoms with Crippen molar-refractivity contribution in [2.24, 2.45) is 0 Å². The van der Waals surface area contributed by atoms with Gasteiger partial charge in [-0.2, -0.15) is 0 Å². The van der Waals surface area contributed by atoms with Crippen LogP contribution in [0.15, 0.2) is 0 Å². The van der Waals surface area contributed by atoms with E-state index >= 15 is 0 Å². The molecule has 0 spiro atoms. The molecule has 1 fully saturated rings. The Labute approximate surface area is 118 Å². The third-order valence-corrected chi connectivity index (χ3v) is 3.87. The van der Waals surface area contributed by atoms with Crippen LogP contribution < -0.4 is 5.32 Å². The summed E-state index contributed by atoms with van der Waals surface area (Å²) in [6.45, 7) is 6.24. The van der Waals surface area contributed by atoms with Gasteiger partial charge in [-0.25, -0.2) is 0 Å². The fourth-order valence-electron chi connectivity index (χ4n) is 2.72. The van der Waals surface area contributed by atoms with Crippen molar-refractivity contribution in [3.8, 4) is 0 Å². The number of ether oxygens (including phenoxy) is 2. The lowest BCUT2D eigenvalue weighted by molar-refractivity contribution is 0.131. The summed E-state index contributed by atoms with van der Waals surface area (Å²) >= 11 is 0. The molecule has 0 saturated carbocycles. The number of rotatable bonds is 11. The third kappa shape index (κ3) is 8.58. The fourth-order valence-corrected chi connectivity index (χ4v) is 2.72. The molecule has 0 aromatic rings. The molecule has 0 bridgehead atoms. The van der Waals surface area contributed by atoms with Gasteiger partial charge in [0.1, 0.15) is 0 Å². The molecule has 114 valence electrons. The maximum atomic E-state index is 5.19. The molecule has 1 N–H and O–H groups in total. The highest BCUT2D eigenvalue weighted by atomic mass is 16.5. The van der Waals surface area contributed by atoms with E-state index in [1.165, 1.54) is 45.2 Å². The van der Waals surface area contributed by atoms with E-state index in [0.29, 0.717) is 0 Å². The number of hydrogen-bond acceptors (Lipinski definition) is 4. The van der Waals surface area contributed by atoms with Crippen LogP contribution in [0.1, 0.15) is 38.5 Å². The molecule has 0 aromatic carbocycles. The van der Waals surface area contributed by atoms with E-state index in [1.807, 2.05) is 0 Å². The Morgan fingerprint density at radius 1 is 1.00 bits per heavy atom. The van der Waals surface area contributed by atoms with Crippen molar-refractivity contribution in [1.29, 1.82) is 0 Å². The Morgan fingerprint density at radius 2 is 1.79 bits per heavy atom. The molecule has 1 aliphatic heterocycles. The Kier molecular flexibility index (Phi) is 10.4. The monoisotopic (exact) mass is 272 g/mol. The molecule has 0 aromatic heterocycles. The van der Waals surface area contributed by atoms with Crippen molar-refractivity contribution >= 4 is 0 Å². The van der Waals surface area contributed by atoms with Crippen molar-refractivity contribution < 1.29 is 9.47 Å². The van der Waals surface area contributed by atoms with Gasteiger partial charge in [-0.05, 0) is 45.2 Å². The van der Waals surface area contributed by atoms with Crippen molar-refractivity contribution in [2.45, 2.75) is 44.6 Å². The van der Waals surface area contributed by atoms with E-state index in [4.69, 9.17) is 9.47 Å². The molecule has 4 heteroatoms. The van der Waals surface area contributed by atoms with Gasteiger partial charge in [-0.15, -0.1) is 0 Å². The lowest BCUT2D eigenvalue weighted by Gasteiger charge is -2.26. The second kappa shape index (κ2) is 11.6. The lowest BCUT2D eigenvalue weighted by Crippen LogP contribution is -2.35. The van der Waals surface area contributed by atoms with Crippen molar-refractivity contribution in [2.75, 3.05) is 53.6 Å². The molecule has 1 aliphatic rings. The smallest absolute Gasteiger partial charge is 0.0589 e. The maximum Gasteiger partial charge on any atom is 0.0589 e. The Bertz CT molecular complexity index is 197. The van der Waals surface area contributed by atoms with Gasteiger partial charge in [0.05, 0.1) is 6.61 Å². The second-order valence-electron chi connectivity index (χ2n) is 5.47. The molecule has 0 radical (unpaired) electrons. The molecule has 1 heterocycles. The van der Waals surface area contributed by atoms with E-state index in [0.717, 1.165) is 38.8 Å². The summed E-state index contributed by atoms with van der Waals surface area (Å²) in [7, 11) is 3.55. The minimum atomic E-state index is 0.761. The predicted octanol–water partition coefficient (Wildman–Crippen LogP) is 1.89. The summed E-state index contributed by atoms with van der Waals surface area (Å²) in [5, 5.41) is 3.63. The average molecular weight is 272 g/mol. The molecular formula is C15H32N2O2. The average Bonchev–Trinajstić information content (AvgIpc) is 2.45. The van der Waals surface area contributed by atoms with Gasteiger partial charge < -0.3 is 19.7 Å². The zero-order valence-corrected chi connectivity index (χ0v) is 12.8. The first-order valence-electron chi connectivity index (χ1n) is 7.80. The van der Waals surface area contributed by atoms with E-state index in [1.54, 1.807) is 14.2 Å². The zero-order valence-electron chi connectivity index (χ0n) is 12.8. The number of nitrogens with one attached hydrogen (secondary N) is 1. The predicted molar refractivity (Wildman–Crippen MR) is 79.7 cm³/mol. The highest BCUT2D eigenvalue weighted by Crippen LogP contribution is 2.12. The number of hydrogen-bond donors (Lipinski definition) is 1. The SMILES string of the molecule is COCCCN(CCCC1CCCCN1)CCOC. The first-order valence-corrected chi connectivity index (χ1v) is 7.80. The van der Waals surface area contributed by atoms with Gasteiger partial charge >= 0.3 is 0 Å². The van der Waals surface area contributed by atoms with Crippen LogP contribution in [0.2, 0.25) is 0 Å². The Morgan fingerprint density at radius 3 is 2.47 bits per heavy atom. The Balaban J connectivity index is 2.11. The molecule has 1 saturated heterocycles. The summed E-state index contributed by atoms with van der Waals surface area (Å²) in [5.74, 6) is 0. The first kappa shape index (κ1) is 16.9. The van der Waals surface area contributed by atoms with Crippen molar-refractivity contribution in [3.05, 3.63) is 0 Å². The standard InChI is InChI=1S/C15H32N2O2/c1-18-13-6-11-17(12-14-19-2)10-5-8-15-7-3-4-9-16-15/h15-16H,3-14H2,1-2H3. The first-order chi connectivity index (χ1) is 9.36. The van der Waals surface area contributed by atoms with Crippen LogP contribution in [0.5, 0.6) is 0 Å². The third-order valence-electron chi connectivity index (χ3n) is 3.87. The lowest BCUT2D eigenvalue weighted by atomic mass is 10.0. The van der Waals surface area contributed by atoms with Gasteiger partial charge in [0.2, 0.25) is 0 Å². The van der Waals surface area contributed by atoms with E-state index in [9.17, 15) is 0 Å². The highest BCUT2D eigenvalue weighted by molar-refractivity contribution is 4.72. The Hall–Kier alpha value is -0.160. The second-order valence-corrected chi connectivity index (χ2v) is 5.47. The molecule has 0 aliphatic carbocycles. The van der Waals surface area contributed by atoms with E-state index in [-0.39, 0.29) is 0 Å². The molecule has 1 atom stereocenters. The van der Waals surface area contributed by atoms with Gasteiger partial charge in [-0.3, -0.25) is 0 Å². The largest absolute Gasteiger partial charge is 0.385 e. The van der Waals surface area contributed by atoms with Gasteiger partial charge in [-0.1, -0.05) is 6.42 Å². The van der Waals surface area contributed by atoms with Crippen LogP contribution in [-0.2, 0) is 9.47 Å². The van der Waals surface area contributed by atoms with Crippen LogP contribution in [0.3, 0.4) is 0 Å². The molecule has 1 rings (SSSR count). The molecule has 19 heavy (non-hydrogen) atoms.